The van der Waals surface area contributed by atoms with Crippen molar-refractivity contribution in [2.24, 2.45) is 5.41 Å². The van der Waals surface area contributed by atoms with Crippen LogP contribution in [0.1, 0.15) is 31.2 Å². The van der Waals surface area contributed by atoms with Gasteiger partial charge in [-0.3, -0.25) is 9.59 Å². The first-order valence-corrected chi connectivity index (χ1v) is 7.94. The molecule has 1 heterocycles. The molecule has 1 aliphatic heterocycles. The second-order valence-corrected chi connectivity index (χ2v) is 6.21. The lowest BCUT2D eigenvalue weighted by molar-refractivity contribution is -0.143. The van der Waals surface area contributed by atoms with E-state index in [1.807, 2.05) is 4.90 Å². The van der Waals surface area contributed by atoms with Gasteiger partial charge in [0.05, 0.1) is 0 Å². The summed E-state index contributed by atoms with van der Waals surface area (Å²) in [5.74, 6) is -0.406. The molecule has 118 valence electrons. The zero-order valence-corrected chi connectivity index (χ0v) is 12.6. The highest BCUT2D eigenvalue weighted by Crippen LogP contribution is 2.47. The van der Waals surface area contributed by atoms with Crippen LogP contribution in [0.2, 0.25) is 0 Å². The molecule has 0 unspecified atom stereocenters. The van der Waals surface area contributed by atoms with E-state index in [0.29, 0.717) is 25.8 Å². The molecule has 2 fully saturated rings. The average molecular weight is 304 g/mol. The number of hydrogen-bond acceptors (Lipinski definition) is 2. The van der Waals surface area contributed by atoms with Crippen molar-refractivity contribution in [3.8, 4) is 0 Å². The predicted molar refractivity (Wildman–Crippen MR) is 80.6 cm³/mol. The van der Waals surface area contributed by atoms with E-state index in [2.05, 4.69) is 5.32 Å². The second-order valence-electron chi connectivity index (χ2n) is 6.21. The Morgan fingerprint density at radius 3 is 2.36 bits per heavy atom. The summed E-state index contributed by atoms with van der Waals surface area (Å²) >= 11 is 0. The van der Waals surface area contributed by atoms with Gasteiger partial charge >= 0.3 is 0 Å². The Bertz CT molecular complexity index is 561. The Morgan fingerprint density at radius 2 is 1.77 bits per heavy atom. The summed E-state index contributed by atoms with van der Waals surface area (Å²) in [5, 5.41) is 2.87. The quantitative estimate of drug-likeness (QED) is 0.845. The summed E-state index contributed by atoms with van der Waals surface area (Å²) < 4.78 is 12.8. The van der Waals surface area contributed by atoms with Crippen molar-refractivity contribution in [3.05, 3.63) is 35.6 Å². The third-order valence-electron chi connectivity index (χ3n) is 4.60. The molecule has 0 spiro atoms. The normalized spacial score (nSPS) is 19.0. The fourth-order valence-electron chi connectivity index (χ4n) is 3.03. The van der Waals surface area contributed by atoms with E-state index in [1.165, 1.54) is 12.1 Å². The molecule has 1 aromatic rings. The molecule has 0 bridgehead atoms. The number of likely N-dealkylation sites (tertiary alicyclic amines) is 1. The van der Waals surface area contributed by atoms with Crippen LogP contribution in [0.5, 0.6) is 0 Å². The van der Waals surface area contributed by atoms with Gasteiger partial charge in [-0.1, -0.05) is 12.1 Å². The van der Waals surface area contributed by atoms with E-state index in [4.69, 9.17) is 0 Å². The third-order valence-corrected chi connectivity index (χ3v) is 4.60. The molecule has 0 atom stereocenters. The first kappa shape index (κ1) is 15.0. The van der Waals surface area contributed by atoms with Gasteiger partial charge in [-0.15, -0.1) is 0 Å². The number of benzene rings is 1. The molecule has 4 nitrogen and oxygen atoms in total. The van der Waals surface area contributed by atoms with E-state index in [9.17, 15) is 14.0 Å². The topological polar surface area (TPSA) is 49.4 Å². The minimum Gasteiger partial charge on any atom is -0.355 e. The van der Waals surface area contributed by atoms with Gasteiger partial charge in [0.25, 0.3) is 0 Å². The van der Waals surface area contributed by atoms with Gasteiger partial charge < -0.3 is 10.2 Å². The van der Waals surface area contributed by atoms with Gasteiger partial charge in [0, 0.05) is 19.6 Å². The fourth-order valence-corrected chi connectivity index (χ4v) is 3.03. The van der Waals surface area contributed by atoms with Crippen LogP contribution in [0, 0.1) is 11.2 Å². The number of rotatable bonds is 5. The summed E-state index contributed by atoms with van der Waals surface area (Å²) in [5.41, 5.74) is 0.171. The number of hydrogen-bond donors (Lipinski definition) is 1. The predicted octanol–water partition coefficient (Wildman–Crippen LogP) is 1.89. The van der Waals surface area contributed by atoms with Crippen LogP contribution in [-0.2, 0) is 16.0 Å². The van der Waals surface area contributed by atoms with Gasteiger partial charge in [-0.25, -0.2) is 4.39 Å². The molecule has 0 radical (unpaired) electrons. The minimum atomic E-state index is -0.798. The standard InChI is InChI=1S/C17H21FN2O2/c18-14-5-3-13(4-6-14)7-10-19-15(21)17(8-9-17)16(22)20-11-1-2-12-20/h3-6H,1-2,7-12H2,(H,19,21). The zero-order valence-electron chi connectivity index (χ0n) is 12.6. The van der Waals surface area contributed by atoms with Crippen LogP contribution < -0.4 is 5.32 Å². The van der Waals surface area contributed by atoms with Gasteiger partial charge in [0.2, 0.25) is 11.8 Å². The van der Waals surface area contributed by atoms with E-state index >= 15 is 0 Å². The molecule has 2 aliphatic rings. The maximum atomic E-state index is 12.8. The maximum absolute atomic E-state index is 12.8. The summed E-state index contributed by atoms with van der Waals surface area (Å²) in [6.45, 7) is 2.03. The molecule has 22 heavy (non-hydrogen) atoms. The largest absolute Gasteiger partial charge is 0.355 e. The molecule has 1 aromatic carbocycles. The maximum Gasteiger partial charge on any atom is 0.238 e. The molecule has 1 saturated carbocycles. The van der Waals surface area contributed by atoms with Crippen molar-refractivity contribution in [2.75, 3.05) is 19.6 Å². The minimum absolute atomic E-state index is 0.00396. The van der Waals surface area contributed by atoms with Gasteiger partial charge in [0.15, 0.2) is 0 Å². The molecule has 2 amide bonds. The Labute approximate surface area is 129 Å². The Hall–Kier alpha value is -1.91. The Kier molecular flexibility index (Phi) is 4.14. The van der Waals surface area contributed by atoms with Crippen molar-refractivity contribution in [2.45, 2.75) is 32.1 Å². The third kappa shape index (κ3) is 2.98. The lowest BCUT2D eigenvalue weighted by Crippen LogP contribution is -2.44. The molecule has 5 heteroatoms. The fraction of sp³-hybridized carbons (Fsp3) is 0.529. The van der Waals surface area contributed by atoms with Crippen LogP contribution >= 0.6 is 0 Å². The number of nitrogens with one attached hydrogen (secondary N) is 1. The summed E-state index contributed by atoms with van der Waals surface area (Å²) in [7, 11) is 0. The van der Waals surface area contributed by atoms with E-state index in [1.54, 1.807) is 12.1 Å². The van der Waals surface area contributed by atoms with Crippen LogP contribution in [0.25, 0.3) is 0 Å². The number of carbonyl (C=O) groups excluding carboxylic acids is 2. The van der Waals surface area contributed by atoms with Crippen molar-refractivity contribution in [1.29, 1.82) is 0 Å². The summed E-state index contributed by atoms with van der Waals surface area (Å²) in [6.07, 6.45) is 4.03. The van der Waals surface area contributed by atoms with Crippen LogP contribution in [-0.4, -0.2) is 36.3 Å². The summed E-state index contributed by atoms with van der Waals surface area (Å²) in [6, 6.07) is 6.25. The van der Waals surface area contributed by atoms with Crippen LogP contribution in [0.4, 0.5) is 4.39 Å². The highest BCUT2D eigenvalue weighted by Gasteiger charge is 2.57. The van der Waals surface area contributed by atoms with Crippen LogP contribution in [0.3, 0.4) is 0 Å². The highest BCUT2D eigenvalue weighted by atomic mass is 19.1. The second kappa shape index (κ2) is 6.07. The molecular formula is C17H21FN2O2. The molecule has 1 N–H and O–H groups in total. The van der Waals surface area contributed by atoms with Crippen LogP contribution in [0.15, 0.2) is 24.3 Å². The van der Waals surface area contributed by atoms with Crippen molar-refractivity contribution >= 4 is 11.8 Å². The lowest BCUT2D eigenvalue weighted by Gasteiger charge is -2.22. The van der Waals surface area contributed by atoms with Gasteiger partial charge in [0.1, 0.15) is 11.2 Å². The first-order chi connectivity index (χ1) is 10.6. The number of amides is 2. The summed E-state index contributed by atoms with van der Waals surface area (Å²) in [4.78, 5) is 26.6. The Morgan fingerprint density at radius 1 is 1.14 bits per heavy atom. The molecular weight excluding hydrogens is 283 g/mol. The number of nitrogens with zero attached hydrogens (tertiary/aromatic N) is 1. The molecule has 1 saturated heterocycles. The number of carbonyl (C=O) groups is 2. The highest BCUT2D eigenvalue weighted by molar-refractivity contribution is 6.07. The average Bonchev–Trinajstić information content (AvgIpc) is 3.16. The van der Waals surface area contributed by atoms with Gasteiger partial charge in [-0.2, -0.15) is 0 Å². The van der Waals surface area contributed by atoms with E-state index in [0.717, 1.165) is 31.5 Å². The SMILES string of the molecule is O=C(NCCc1ccc(F)cc1)C1(C(=O)N2CCCC2)CC1. The number of halogens is 1. The molecule has 1 aliphatic carbocycles. The van der Waals surface area contributed by atoms with Crippen molar-refractivity contribution in [1.82, 2.24) is 10.2 Å². The van der Waals surface area contributed by atoms with Crippen molar-refractivity contribution in [3.63, 3.8) is 0 Å². The molecule has 0 aromatic heterocycles. The van der Waals surface area contributed by atoms with Gasteiger partial charge in [-0.05, 0) is 49.8 Å². The zero-order chi connectivity index (χ0) is 15.6. The van der Waals surface area contributed by atoms with E-state index < -0.39 is 5.41 Å². The van der Waals surface area contributed by atoms with E-state index in [-0.39, 0.29) is 17.6 Å². The monoisotopic (exact) mass is 304 g/mol. The smallest absolute Gasteiger partial charge is 0.238 e. The van der Waals surface area contributed by atoms with Crippen molar-refractivity contribution < 1.29 is 14.0 Å². The molecule has 3 rings (SSSR count). The first-order valence-electron chi connectivity index (χ1n) is 7.94. The lowest BCUT2D eigenvalue weighted by atomic mass is 10.0. The Balaban J connectivity index is 1.51.